The number of carboxylic acid groups (broad SMARTS) is 1. The third-order valence-corrected chi connectivity index (χ3v) is 3.45. The normalized spacial score (nSPS) is 12.8. The Morgan fingerprint density at radius 2 is 2.10 bits per heavy atom. The lowest BCUT2D eigenvalue weighted by atomic mass is 10.2. The van der Waals surface area contributed by atoms with Crippen LogP contribution in [-0.4, -0.2) is 28.2 Å². The third-order valence-electron chi connectivity index (χ3n) is 3.45. The summed E-state index contributed by atoms with van der Waals surface area (Å²) in [5.41, 5.74) is 2.12. The number of carboxylic acids is 1. The second kappa shape index (κ2) is 5.40. The first-order valence-electron chi connectivity index (χ1n) is 6.61. The van der Waals surface area contributed by atoms with Crippen LogP contribution >= 0.6 is 0 Å². The van der Waals surface area contributed by atoms with E-state index in [1.54, 1.807) is 6.07 Å². The summed E-state index contributed by atoms with van der Waals surface area (Å²) in [6, 6.07) is 4.48. The van der Waals surface area contributed by atoms with Crippen molar-refractivity contribution in [1.29, 1.82) is 0 Å². The summed E-state index contributed by atoms with van der Waals surface area (Å²) in [5, 5.41) is 9.07. The molecule has 0 bridgehead atoms. The molecule has 1 N–H and O–H groups in total. The van der Waals surface area contributed by atoms with Gasteiger partial charge in [0.25, 0.3) is 0 Å². The molecule has 3 rings (SSSR count). The van der Waals surface area contributed by atoms with Crippen molar-refractivity contribution < 1.29 is 19.4 Å². The van der Waals surface area contributed by atoms with Crippen molar-refractivity contribution in [2.45, 2.75) is 19.3 Å². The molecule has 0 aliphatic heterocycles. The van der Waals surface area contributed by atoms with Gasteiger partial charge in [-0.1, -0.05) is 0 Å². The van der Waals surface area contributed by atoms with E-state index < -0.39 is 5.97 Å². The van der Waals surface area contributed by atoms with Gasteiger partial charge in [0, 0.05) is 5.56 Å². The number of rotatable bonds is 4. The van der Waals surface area contributed by atoms with Gasteiger partial charge in [-0.3, -0.25) is 0 Å². The maximum Gasteiger partial charge on any atom is 0.335 e. The van der Waals surface area contributed by atoms with Crippen LogP contribution in [0.3, 0.4) is 0 Å². The largest absolute Gasteiger partial charge is 0.493 e. The van der Waals surface area contributed by atoms with Crippen molar-refractivity contribution in [2.24, 2.45) is 0 Å². The molecule has 1 aliphatic rings. The van der Waals surface area contributed by atoms with E-state index in [4.69, 9.17) is 14.6 Å². The highest BCUT2D eigenvalue weighted by atomic mass is 16.5. The van der Waals surface area contributed by atoms with E-state index in [2.05, 4.69) is 9.97 Å². The van der Waals surface area contributed by atoms with Crippen LogP contribution in [0.2, 0.25) is 0 Å². The lowest BCUT2D eigenvalue weighted by Crippen LogP contribution is -2.01. The fraction of sp³-hybridized carbons (Fsp3) is 0.267. The number of carbonyl (C=O) groups is 1. The molecule has 6 heteroatoms. The van der Waals surface area contributed by atoms with Gasteiger partial charge in [0.15, 0.2) is 11.5 Å². The number of methoxy groups -OCH3 is 1. The first-order valence-corrected chi connectivity index (χ1v) is 6.61. The zero-order valence-corrected chi connectivity index (χ0v) is 11.5. The Bertz CT molecular complexity index is 700. The molecule has 0 atom stereocenters. The number of fused-ring (bicyclic) bond motifs is 1. The molecule has 0 unspecified atom stereocenters. The lowest BCUT2D eigenvalue weighted by molar-refractivity contribution is 0.0696. The molecule has 0 amide bonds. The van der Waals surface area contributed by atoms with E-state index in [0.717, 1.165) is 30.5 Å². The van der Waals surface area contributed by atoms with Gasteiger partial charge < -0.3 is 14.6 Å². The molecule has 0 radical (unpaired) electrons. The van der Waals surface area contributed by atoms with Crippen LogP contribution in [0.5, 0.6) is 17.4 Å². The predicted molar refractivity (Wildman–Crippen MR) is 74.1 cm³/mol. The van der Waals surface area contributed by atoms with Crippen molar-refractivity contribution >= 4 is 5.97 Å². The minimum absolute atomic E-state index is 0.136. The molecule has 0 saturated heterocycles. The maximum atomic E-state index is 11.1. The monoisotopic (exact) mass is 286 g/mol. The average molecular weight is 286 g/mol. The van der Waals surface area contributed by atoms with E-state index in [0.29, 0.717) is 17.4 Å². The van der Waals surface area contributed by atoms with Crippen LogP contribution in [0.1, 0.15) is 28.0 Å². The molecule has 108 valence electrons. The van der Waals surface area contributed by atoms with Crippen LogP contribution in [0, 0.1) is 0 Å². The second-order valence-corrected chi connectivity index (χ2v) is 4.73. The molecule has 0 saturated carbocycles. The van der Waals surface area contributed by atoms with Crippen LogP contribution in [0.4, 0.5) is 0 Å². The molecule has 0 fully saturated rings. The van der Waals surface area contributed by atoms with Gasteiger partial charge in [-0.25, -0.2) is 14.8 Å². The Balaban J connectivity index is 1.99. The first-order chi connectivity index (χ1) is 10.2. The number of hydrogen-bond donors (Lipinski definition) is 1. The van der Waals surface area contributed by atoms with Crippen molar-refractivity contribution in [1.82, 2.24) is 9.97 Å². The van der Waals surface area contributed by atoms with Gasteiger partial charge in [-0.05, 0) is 37.5 Å². The standard InChI is InChI=1S/C15H14N2O4/c1-20-12-6-5-9(15(18)19)7-13(12)21-14-10-3-2-4-11(10)16-8-17-14/h5-8H,2-4H2,1H3,(H,18,19). The van der Waals surface area contributed by atoms with Gasteiger partial charge in [0.05, 0.1) is 18.4 Å². The van der Waals surface area contributed by atoms with Crippen molar-refractivity contribution in [2.75, 3.05) is 7.11 Å². The molecule has 1 aliphatic carbocycles. The summed E-state index contributed by atoms with van der Waals surface area (Å²) in [5.74, 6) is 0.254. The number of aromatic nitrogens is 2. The molecule has 1 heterocycles. The summed E-state index contributed by atoms with van der Waals surface area (Å²) < 4.78 is 11.0. The van der Waals surface area contributed by atoms with Gasteiger partial charge in [-0.15, -0.1) is 0 Å². The smallest absolute Gasteiger partial charge is 0.335 e. The summed E-state index contributed by atoms with van der Waals surface area (Å²) in [7, 11) is 1.51. The Kier molecular flexibility index (Phi) is 3.43. The summed E-state index contributed by atoms with van der Waals surface area (Å²) in [6.45, 7) is 0. The quantitative estimate of drug-likeness (QED) is 0.929. The molecule has 2 aromatic rings. The van der Waals surface area contributed by atoms with E-state index in [-0.39, 0.29) is 5.56 Å². The van der Waals surface area contributed by atoms with E-state index >= 15 is 0 Å². The van der Waals surface area contributed by atoms with Crippen LogP contribution in [-0.2, 0) is 12.8 Å². The predicted octanol–water partition coefficient (Wildman–Crippen LogP) is 2.46. The Labute approximate surface area is 121 Å². The fourth-order valence-electron chi connectivity index (χ4n) is 2.41. The maximum absolute atomic E-state index is 11.1. The zero-order chi connectivity index (χ0) is 14.8. The van der Waals surface area contributed by atoms with E-state index in [9.17, 15) is 4.79 Å². The number of aryl methyl sites for hydroxylation is 1. The summed E-state index contributed by atoms with van der Waals surface area (Å²) in [4.78, 5) is 19.5. The van der Waals surface area contributed by atoms with Gasteiger partial charge in [0.1, 0.15) is 6.33 Å². The van der Waals surface area contributed by atoms with Gasteiger partial charge in [0.2, 0.25) is 5.88 Å². The number of aromatic carboxylic acids is 1. The minimum atomic E-state index is -1.02. The topological polar surface area (TPSA) is 81.5 Å². The molecule has 1 aromatic carbocycles. The highest BCUT2D eigenvalue weighted by Gasteiger charge is 2.20. The second-order valence-electron chi connectivity index (χ2n) is 4.73. The van der Waals surface area contributed by atoms with Gasteiger partial charge in [-0.2, -0.15) is 0 Å². The number of ether oxygens (including phenoxy) is 2. The number of nitrogens with zero attached hydrogens (tertiary/aromatic N) is 2. The SMILES string of the molecule is COc1ccc(C(=O)O)cc1Oc1ncnc2c1CCC2. The molecule has 21 heavy (non-hydrogen) atoms. The Morgan fingerprint density at radius 3 is 2.86 bits per heavy atom. The van der Waals surface area contributed by atoms with Crippen molar-refractivity contribution in [3.63, 3.8) is 0 Å². The minimum Gasteiger partial charge on any atom is -0.493 e. The molecule has 0 spiro atoms. The number of benzene rings is 1. The van der Waals surface area contributed by atoms with E-state index in [1.165, 1.54) is 25.6 Å². The van der Waals surface area contributed by atoms with E-state index in [1.807, 2.05) is 0 Å². The Hall–Kier alpha value is -2.63. The third kappa shape index (κ3) is 2.52. The molecule has 1 aromatic heterocycles. The highest BCUT2D eigenvalue weighted by molar-refractivity contribution is 5.88. The zero-order valence-electron chi connectivity index (χ0n) is 11.5. The molecule has 6 nitrogen and oxygen atoms in total. The van der Waals surface area contributed by atoms with Crippen LogP contribution in [0.15, 0.2) is 24.5 Å². The van der Waals surface area contributed by atoms with Crippen molar-refractivity contribution in [3.8, 4) is 17.4 Å². The highest BCUT2D eigenvalue weighted by Crippen LogP contribution is 2.35. The van der Waals surface area contributed by atoms with Crippen LogP contribution in [0.25, 0.3) is 0 Å². The van der Waals surface area contributed by atoms with Crippen LogP contribution < -0.4 is 9.47 Å². The van der Waals surface area contributed by atoms with Gasteiger partial charge >= 0.3 is 5.97 Å². The summed E-state index contributed by atoms with van der Waals surface area (Å²) >= 11 is 0. The van der Waals surface area contributed by atoms with Crippen molar-refractivity contribution in [3.05, 3.63) is 41.3 Å². The fourth-order valence-corrected chi connectivity index (χ4v) is 2.41. The molecular formula is C15H14N2O4. The Morgan fingerprint density at radius 1 is 1.24 bits per heavy atom. The average Bonchev–Trinajstić information content (AvgIpc) is 2.96. The number of hydrogen-bond acceptors (Lipinski definition) is 5. The first kappa shape index (κ1) is 13.4. The lowest BCUT2D eigenvalue weighted by Gasteiger charge is -2.12. The summed E-state index contributed by atoms with van der Waals surface area (Å²) in [6.07, 6.45) is 4.27. The molecular weight excluding hydrogens is 272 g/mol.